The van der Waals surface area contributed by atoms with E-state index in [0.29, 0.717) is 24.8 Å². The first-order chi connectivity index (χ1) is 14.9. The third-order valence-electron chi connectivity index (χ3n) is 4.89. The molecule has 1 aliphatic heterocycles. The Morgan fingerprint density at radius 1 is 1.19 bits per heavy atom. The Hall–Kier alpha value is -3.82. The van der Waals surface area contributed by atoms with E-state index in [2.05, 4.69) is 19.1 Å². The van der Waals surface area contributed by atoms with Gasteiger partial charge in [0, 0.05) is 36.9 Å². The lowest BCUT2D eigenvalue weighted by molar-refractivity contribution is 0.0946. The number of carbonyl (C=O) groups excluding carboxylic acids is 1. The van der Waals surface area contributed by atoms with E-state index < -0.39 is 45.5 Å². The van der Waals surface area contributed by atoms with E-state index in [9.17, 15) is 23.2 Å². The maximum absolute atomic E-state index is 14.6. The number of methoxy groups -OCH3 is 1. The van der Waals surface area contributed by atoms with Crippen LogP contribution in [0.4, 0.5) is 8.78 Å². The molecule has 3 aromatic rings. The van der Waals surface area contributed by atoms with E-state index in [0.717, 1.165) is 23.3 Å². The van der Waals surface area contributed by atoms with Crippen molar-refractivity contribution in [2.75, 3.05) is 20.2 Å². The number of amides is 1. The van der Waals surface area contributed by atoms with Crippen LogP contribution in [0.1, 0.15) is 27.9 Å². The fraction of sp³-hybridized carbons (Fsp3) is 0.238. The van der Waals surface area contributed by atoms with Crippen LogP contribution in [0.3, 0.4) is 0 Å². The molecule has 0 unspecified atom stereocenters. The number of rotatable bonds is 5. The molecule has 2 heterocycles. The summed E-state index contributed by atoms with van der Waals surface area (Å²) < 4.78 is 43.2. The van der Waals surface area contributed by atoms with Crippen molar-refractivity contribution in [3.8, 4) is 5.75 Å². The summed E-state index contributed by atoms with van der Waals surface area (Å²) in [5, 5.41) is 2.43. The van der Waals surface area contributed by atoms with Gasteiger partial charge in [0.25, 0.3) is 5.91 Å². The summed E-state index contributed by atoms with van der Waals surface area (Å²) in [6.45, 7) is 0.653. The van der Waals surface area contributed by atoms with Crippen LogP contribution in [0.2, 0.25) is 0 Å². The molecule has 2 aromatic carbocycles. The van der Waals surface area contributed by atoms with Gasteiger partial charge in [0.2, 0.25) is 5.58 Å². The average molecular weight is 430 g/mol. The second-order valence-electron chi connectivity index (χ2n) is 6.76. The first-order valence-electron chi connectivity index (χ1n) is 9.34. The van der Waals surface area contributed by atoms with Crippen LogP contribution in [-0.4, -0.2) is 31.8 Å². The number of ether oxygens (including phenoxy) is 1. The highest BCUT2D eigenvalue weighted by molar-refractivity contribution is 6.03. The lowest BCUT2D eigenvalue weighted by Gasteiger charge is -2.18. The van der Waals surface area contributed by atoms with Gasteiger partial charge in [-0.3, -0.25) is 9.79 Å². The maximum Gasteiger partial charge on any atom is 0.423 e. The number of aliphatic imine (C=N–C) groups is 1. The Morgan fingerprint density at radius 2 is 1.97 bits per heavy atom. The number of fused-ring (bicyclic) bond motifs is 2. The van der Waals surface area contributed by atoms with Gasteiger partial charge < -0.3 is 18.9 Å². The van der Waals surface area contributed by atoms with Crippen molar-refractivity contribution in [3.63, 3.8) is 0 Å². The lowest BCUT2D eigenvalue weighted by Crippen LogP contribution is -2.29. The molecule has 10 heteroatoms. The molecule has 0 fully saturated rings. The van der Waals surface area contributed by atoms with Crippen LogP contribution >= 0.6 is 0 Å². The minimum atomic E-state index is -1.46. The van der Waals surface area contributed by atoms with Crippen molar-refractivity contribution >= 4 is 22.8 Å². The molecule has 160 valence electrons. The number of hydrogen-bond donors (Lipinski definition) is 1. The van der Waals surface area contributed by atoms with Gasteiger partial charge in [-0.1, -0.05) is 6.07 Å². The minimum Gasteiger partial charge on any atom is -0.497 e. The van der Waals surface area contributed by atoms with E-state index >= 15 is 0 Å². The second kappa shape index (κ2) is 8.13. The number of carbonyl (C=O) groups is 1. The maximum atomic E-state index is 14.6. The van der Waals surface area contributed by atoms with Gasteiger partial charge in [-0.05, 0) is 24.1 Å². The summed E-state index contributed by atoms with van der Waals surface area (Å²) in [4.78, 5) is 39.4. The second-order valence-corrected chi connectivity index (χ2v) is 6.76. The molecule has 1 N–H and O–H groups in total. The fourth-order valence-corrected chi connectivity index (χ4v) is 3.40. The summed E-state index contributed by atoms with van der Waals surface area (Å²) in [6, 6.07) is 6.28. The first kappa shape index (κ1) is 20.5. The molecule has 0 saturated heterocycles. The number of halogens is 2. The van der Waals surface area contributed by atoms with Gasteiger partial charge >= 0.3 is 11.3 Å². The summed E-state index contributed by atoms with van der Waals surface area (Å²) in [5.74, 6) is -3.07. The number of benzene rings is 2. The molecule has 31 heavy (non-hydrogen) atoms. The standard InChI is InChI=1S/C21H16F2N2O6/c1-29-11-3-2-10-4-6-24-14(12(10)8-11)5-7-25-19(26)16-13(22)9-15-18(17(16)23)31-21(28)20(27)30-15/h2-3,8-9H,4-7H2,1H3,(H,25,26). The van der Waals surface area contributed by atoms with Crippen molar-refractivity contribution in [3.05, 3.63) is 73.4 Å². The van der Waals surface area contributed by atoms with Crippen LogP contribution in [0, 0.1) is 11.6 Å². The molecule has 0 radical (unpaired) electrons. The molecule has 0 spiro atoms. The van der Waals surface area contributed by atoms with Crippen molar-refractivity contribution in [1.29, 1.82) is 0 Å². The van der Waals surface area contributed by atoms with Crippen LogP contribution in [0.25, 0.3) is 11.2 Å². The number of nitrogens with zero attached hydrogens (tertiary/aromatic N) is 1. The zero-order chi connectivity index (χ0) is 22.1. The molecule has 1 amide bonds. The van der Waals surface area contributed by atoms with Gasteiger partial charge in [0.05, 0.1) is 7.11 Å². The molecule has 4 rings (SSSR count). The molecule has 0 saturated carbocycles. The van der Waals surface area contributed by atoms with Crippen LogP contribution in [-0.2, 0) is 6.42 Å². The van der Waals surface area contributed by atoms with Crippen molar-refractivity contribution < 1.29 is 27.1 Å². The van der Waals surface area contributed by atoms with E-state index in [1.165, 1.54) is 0 Å². The monoisotopic (exact) mass is 430 g/mol. The van der Waals surface area contributed by atoms with E-state index in [1.54, 1.807) is 7.11 Å². The molecule has 1 aromatic heterocycles. The highest BCUT2D eigenvalue weighted by Crippen LogP contribution is 2.24. The smallest absolute Gasteiger partial charge is 0.423 e. The Balaban J connectivity index is 1.53. The summed E-state index contributed by atoms with van der Waals surface area (Å²) in [7, 11) is 1.56. The molecule has 0 bridgehead atoms. The summed E-state index contributed by atoms with van der Waals surface area (Å²) in [6.07, 6.45) is 1.11. The van der Waals surface area contributed by atoms with Crippen molar-refractivity contribution in [1.82, 2.24) is 5.32 Å². The predicted octanol–water partition coefficient (Wildman–Crippen LogP) is 2.20. The molecular weight excluding hydrogens is 414 g/mol. The first-order valence-corrected chi connectivity index (χ1v) is 9.34. The van der Waals surface area contributed by atoms with Gasteiger partial charge in [-0.25, -0.2) is 18.4 Å². The molecule has 8 nitrogen and oxygen atoms in total. The highest BCUT2D eigenvalue weighted by atomic mass is 19.1. The fourth-order valence-electron chi connectivity index (χ4n) is 3.40. The average Bonchev–Trinajstić information content (AvgIpc) is 2.75. The van der Waals surface area contributed by atoms with Crippen LogP contribution < -0.4 is 21.3 Å². The van der Waals surface area contributed by atoms with E-state index in [-0.39, 0.29) is 6.54 Å². The minimum absolute atomic E-state index is 0.0546. The Morgan fingerprint density at radius 3 is 2.74 bits per heavy atom. The Bertz CT molecular complexity index is 1340. The van der Waals surface area contributed by atoms with Gasteiger partial charge in [0.15, 0.2) is 11.4 Å². The number of nitrogens with one attached hydrogen (secondary N) is 1. The SMILES string of the molecule is COc1ccc2c(c1)C(CCNC(=O)c1c(F)cc3oc(=O)c(=O)oc3c1F)=NCC2. The normalized spacial score (nSPS) is 12.9. The Kier molecular flexibility index (Phi) is 5.37. The number of hydrogen-bond acceptors (Lipinski definition) is 7. The van der Waals surface area contributed by atoms with Crippen LogP contribution in [0.5, 0.6) is 5.75 Å². The largest absolute Gasteiger partial charge is 0.497 e. The topological polar surface area (TPSA) is 111 Å². The molecular formula is C21H16F2N2O6. The van der Waals surface area contributed by atoms with Gasteiger partial charge in [-0.15, -0.1) is 0 Å². The third-order valence-corrected chi connectivity index (χ3v) is 4.89. The lowest BCUT2D eigenvalue weighted by atomic mass is 9.95. The summed E-state index contributed by atoms with van der Waals surface area (Å²) in [5.41, 5.74) is -2.50. The third kappa shape index (κ3) is 3.83. The zero-order valence-electron chi connectivity index (χ0n) is 16.3. The zero-order valence-corrected chi connectivity index (χ0v) is 16.3. The highest BCUT2D eigenvalue weighted by Gasteiger charge is 2.24. The van der Waals surface area contributed by atoms with Crippen molar-refractivity contribution in [2.45, 2.75) is 12.8 Å². The Labute approximate surface area is 173 Å². The van der Waals surface area contributed by atoms with Gasteiger partial charge in [-0.2, -0.15) is 0 Å². The van der Waals surface area contributed by atoms with Gasteiger partial charge in [0.1, 0.15) is 17.1 Å². The molecule has 0 atom stereocenters. The quantitative estimate of drug-likeness (QED) is 0.622. The predicted molar refractivity (Wildman–Crippen MR) is 106 cm³/mol. The summed E-state index contributed by atoms with van der Waals surface area (Å²) >= 11 is 0. The van der Waals surface area contributed by atoms with Crippen LogP contribution in [0.15, 0.2) is 47.7 Å². The van der Waals surface area contributed by atoms with Crippen molar-refractivity contribution in [2.24, 2.45) is 4.99 Å². The molecule has 0 aliphatic carbocycles. The van der Waals surface area contributed by atoms with E-state index in [4.69, 9.17) is 4.74 Å². The van der Waals surface area contributed by atoms with E-state index in [1.807, 2.05) is 18.2 Å². The molecule has 1 aliphatic rings.